The minimum absolute atomic E-state index is 0.260. The number of aromatic nitrogens is 1. The van der Waals surface area contributed by atoms with Gasteiger partial charge in [0.25, 0.3) is 0 Å². The van der Waals surface area contributed by atoms with Gasteiger partial charge in [0.2, 0.25) is 5.91 Å². The van der Waals surface area contributed by atoms with Crippen LogP contribution in [0.5, 0.6) is 0 Å². The zero-order chi connectivity index (χ0) is 20.3. The van der Waals surface area contributed by atoms with E-state index in [2.05, 4.69) is 17.6 Å². The number of hydrogen-bond acceptors (Lipinski definition) is 6. The predicted molar refractivity (Wildman–Crippen MR) is 110 cm³/mol. The Labute approximate surface area is 172 Å². The normalized spacial score (nSPS) is 21.1. The van der Waals surface area contributed by atoms with E-state index in [1.807, 2.05) is 0 Å². The fraction of sp³-hybridized carbons (Fsp3) is 0.300. The molecule has 28 heavy (non-hydrogen) atoms. The largest absolute Gasteiger partial charge is 0.480 e. The Morgan fingerprint density at radius 1 is 1.18 bits per heavy atom. The fourth-order valence-corrected chi connectivity index (χ4v) is 4.83. The fourth-order valence-electron chi connectivity index (χ4n) is 3.12. The maximum absolute atomic E-state index is 13.3. The van der Waals surface area contributed by atoms with Crippen molar-refractivity contribution in [1.29, 1.82) is 0 Å². The first-order valence-corrected chi connectivity index (χ1v) is 10.3. The monoisotopic (exact) mass is 416 g/mol. The molecule has 1 fully saturated rings. The van der Waals surface area contributed by atoms with E-state index >= 15 is 0 Å². The molecule has 0 bridgehead atoms. The highest BCUT2D eigenvalue weighted by atomic mass is 32.2. The number of carbonyl (C=O) groups excluding carboxylic acids is 2. The summed E-state index contributed by atoms with van der Waals surface area (Å²) in [5.41, 5.74) is 1.27. The average Bonchev–Trinajstić information content (AvgIpc) is 3.18. The Kier molecular flexibility index (Phi) is 6.41. The molecule has 1 aromatic carbocycles. The van der Waals surface area contributed by atoms with Crippen LogP contribution in [0.25, 0.3) is 0 Å². The van der Waals surface area contributed by atoms with Crippen molar-refractivity contribution in [2.45, 2.75) is 23.6 Å². The number of Topliss-reactive ketones (excluding diaryl/α,β-unsaturated/α-hetero) is 1. The minimum Gasteiger partial charge on any atom is -0.480 e. The standard InChI is InChI=1S/C20H20N2O4S2/c1-12(17(27)16(23)13-5-3-2-4-6-13)18(24)22-15(20(25)26)11-28-19(22)14-7-9-21-10-8-14/h2-10,12,15,17,19,27H,11H2,1H3,(H,25,26)/t12?,15-,17?,19?/m0/s1. The number of carboxylic acids is 1. The molecule has 0 spiro atoms. The van der Waals surface area contributed by atoms with Crippen LogP contribution in [0.3, 0.4) is 0 Å². The van der Waals surface area contributed by atoms with Crippen molar-refractivity contribution in [3.8, 4) is 0 Å². The molecule has 0 saturated carbocycles. The molecule has 8 heteroatoms. The van der Waals surface area contributed by atoms with Gasteiger partial charge in [-0.25, -0.2) is 4.79 Å². The van der Waals surface area contributed by atoms with Crippen LogP contribution in [0.4, 0.5) is 0 Å². The highest BCUT2D eigenvalue weighted by Crippen LogP contribution is 2.42. The number of pyridine rings is 1. The van der Waals surface area contributed by atoms with Crippen LogP contribution in [0, 0.1) is 5.92 Å². The summed E-state index contributed by atoms with van der Waals surface area (Å²) in [5.74, 6) is -2.21. The molecule has 2 heterocycles. The lowest BCUT2D eigenvalue weighted by atomic mass is 9.97. The van der Waals surface area contributed by atoms with E-state index < -0.39 is 34.5 Å². The minimum atomic E-state index is -1.06. The lowest BCUT2D eigenvalue weighted by Gasteiger charge is -2.31. The van der Waals surface area contributed by atoms with E-state index in [4.69, 9.17) is 0 Å². The van der Waals surface area contributed by atoms with Crippen molar-refractivity contribution in [3.05, 3.63) is 66.0 Å². The molecule has 1 N–H and O–H groups in total. The molecule has 146 valence electrons. The third-order valence-electron chi connectivity index (χ3n) is 4.72. The number of ketones is 1. The van der Waals surface area contributed by atoms with Gasteiger partial charge in [-0.15, -0.1) is 11.8 Å². The summed E-state index contributed by atoms with van der Waals surface area (Å²) in [5, 5.41) is 8.29. The molecule has 1 saturated heterocycles. The Balaban J connectivity index is 1.86. The van der Waals surface area contributed by atoms with Crippen molar-refractivity contribution < 1.29 is 19.5 Å². The van der Waals surface area contributed by atoms with Crippen LogP contribution in [0.2, 0.25) is 0 Å². The van der Waals surface area contributed by atoms with E-state index in [0.717, 1.165) is 5.56 Å². The van der Waals surface area contributed by atoms with E-state index in [9.17, 15) is 19.5 Å². The molecule has 3 unspecified atom stereocenters. The summed E-state index contributed by atoms with van der Waals surface area (Å²) in [7, 11) is 0. The van der Waals surface area contributed by atoms with Crippen molar-refractivity contribution in [2.75, 3.05) is 5.75 Å². The maximum Gasteiger partial charge on any atom is 0.327 e. The number of aliphatic carboxylic acids is 1. The number of nitrogens with zero attached hydrogens (tertiary/aromatic N) is 2. The second-order valence-electron chi connectivity index (χ2n) is 6.53. The SMILES string of the molecule is CC(C(=O)N1C(c2ccncc2)SC[C@H]1C(=O)O)C(S)C(=O)c1ccccc1. The first-order valence-electron chi connectivity index (χ1n) is 8.75. The van der Waals surface area contributed by atoms with Gasteiger partial charge in [-0.2, -0.15) is 12.6 Å². The quantitative estimate of drug-likeness (QED) is 0.556. The van der Waals surface area contributed by atoms with E-state index in [0.29, 0.717) is 5.56 Å². The predicted octanol–water partition coefficient (Wildman–Crippen LogP) is 2.93. The maximum atomic E-state index is 13.3. The van der Waals surface area contributed by atoms with E-state index in [-0.39, 0.29) is 11.5 Å². The van der Waals surface area contributed by atoms with Gasteiger partial charge < -0.3 is 10.0 Å². The number of hydrogen-bond donors (Lipinski definition) is 2. The molecule has 2 aromatic rings. The smallest absolute Gasteiger partial charge is 0.327 e. The number of carbonyl (C=O) groups is 3. The summed E-state index contributed by atoms with van der Waals surface area (Å²) in [4.78, 5) is 43.0. The first-order chi connectivity index (χ1) is 13.4. The summed E-state index contributed by atoms with van der Waals surface area (Å²) in [6, 6.07) is 11.2. The molecule has 3 rings (SSSR count). The van der Waals surface area contributed by atoms with Gasteiger partial charge >= 0.3 is 5.97 Å². The molecule has 1 aliphatic rings. The van der Waals surface area contributed by atoms with Gasteiger partial charge in [-0.3, -0.25) is 14.6 Å². The third-order valence-corrected chi connectivity index (χ3v) is 6.73. The summed E-state index contributed by atoms with van der Waals surface area (Å²) in [6.45, 7) is 1.62. The van der Waals surface area contributed by atoms with E-state index in [1.54, 1.807) is 61.8 Å². The molecule has 0 radical (unpaired) electrons. The van der Waals surface area contributed by atoms with Crippen LogP contribution in [-0.4, -0.2) is 49.7 Å². The zero-order valence-electron chi connectivity index (χ0n) is 15.1. The van der Waals surface area contributed by atoms with Crippen LogP contribution in [0.1, 0.15) is 28.2 Å². The molecular weight excluding hydrogens is 396 g/mol. The molecule has 0 aliphatic carbocycles. The summed E-state index contributed by atoms with van der Waals surface area (Å²) < 4.78 is 0. The van der Waals surface area contributed by atoms with Crippen molar-refractivity contribution in [1.82, 2.24) is 9.88 Å². The van der Waals surface area contributed by atoms with Crippen LogP contribution >= 0.6 is 24.4 Å². The van der Waals surface area contributed by atoms with Crippen molar-refractivity contribution >= 4 is 42.1 Å². The van der Waals surface area contributed by atoms with Crippen LogP contribution in [-0.2, 0) is 9.59 Å². The number of carboxylic acid groups (broad SMARTS) is 1. The van der Waals surface area contributed by atoms with Gasteiger partial charge in [-0.1, -0.05) is 37.3 Å². The lowest BCUT2D eigenvalue weighted by Crippen LogP contribution is -2.47. The molecule has 1 aromatic heterocycles. The zero-order valence-corrected chi connectivity index (χ0v) is 16.8. The highest BCUT2D eigenvalue weighted by Gasteiger charge is 2.45. The summed E-state index contributed by atoms with van der Waals surface area (Å²) in [6.07, 6.45) is 3.22. The summed E-state index contributed by atoms with van der Waals surface area (Å²) >= 11 is 5.79. The number of benzene rings is 1. The molecule has 4 atom stereocenters. The topological polar surface area (TPSA) is 87.6 Å². The first kappa shape index (κ1) is 20.4. The van der Waals surface area contributed by atoms with Crippen LogP contribution < -0.4 is 0 Å². The molecule has 6 nitrogen and oxygen atoms in total. The molecule has 1 amide bonds. The Morgan fingerprint density at radius 2 is 1.82 bits per heavy atom. The van der Waals surface area contributed by atoms with Gasteiger partial charge in [0.05, 0.1) is 11.2 Å². The second kappa shape index (κ2) is 8.79. The Morgan fingerprint density at radius 3 is 2.43 bits per heavy atom. The Hall–Kier alpha value is -2.32. The van der Waals surface area contributed by atoms with Gasteiger partial charge in [-0.05, 0) is 17.7 Å². The number of amides is 1. The third kappa shape index (κ3) is 4.07. The highest BCUT2D eigenvalue weighted by molar-refractivity contribution is 7.99. The van der Waals surface area contributed by atoms with Gasteiger partial charge in [0.1, 0.15) is 11.4 Å². The molecule has 1 aliphatic heterocycles. The average molecular weight is 417 g/mol. The van der Waals surface area contributed by atoms with Gasteiger partial charge in [0, 0.05) is 23.7 Å². The Bertz CT molecular complexity index is 863. The molecular formula is C20H20N2O4S2. The second-order valence-corrected chi connectivity index (χ2v) is 8.20. The lowest BCUT2D eigenvalue weighted by molar-refractivity contribution is -0.150. The number of thioether (sulfide) groups is 1. The van der Waals surface area contributed by atoms with Crippen molar-refractivity contribution in [3.63, 3.8) is 0 Å². The number of rotatable bonds is 6. The van der Waals surface area contributed by atoms with E-state index in [1.165, 1.54) is 16.7 Å². The van der Waals surface area contributed by atoms with Gasteiger partial charge in [0.15, 0.2) is 5.78 Å². The number of thiol groups is 1. The van der Waals surface area contributed by atoms with Crippen molar-refractivity contribution in [2.24, 2.45) is 5.92 Å². The van der Waals surface area contributed by atoms with Crippen LogP contribution in [0.15, 0.2) is 54.9 Å².